The van der Waals surface area contributed by atoms with Gasteiger partial charge in [0.15, 0.2) is 0 Å². The monoisotopic (exact) mass is 471 g/mol. The zero-order chi connectivity index (χ0) is 24.4. The molecule has 3 atom stereocenters. The van der Waals surface area contributed by atoms with Crippen LogP contribution in [0.3, 0.4) is 0 Å². The normalized spacial score (nSPS) is 19.5. The SMILES string of the molecule is Cc1c(-c2cnn(C)c2)nn(-c2ccccc2)c1NC(=O)N[C@@H]1C[C@@H](Oc2ccncc2)C[C@H]1C. The second-order valence-corrected chi connectivity index (χ2v) is 9.05. The molecule has 0 aliphatic heterocycles. The third-order valence-corrected chi connectivity index (χ3v) is 6.44. The Kier molecular flexibility index (Phi) is 6.22. The number of urea groups is 1. The maximum atomic E-state index is 13.1. The van der Waals surface area contributed by atoms with Crippen LogP contribution in [0.5, 0.6) is 5.75 Å². The smallest absolute Gasteiger partial charge is 0.320 e. The maximum absolute atomic E-state index is 13.1. The van der Waals surface area contributed by atoms with Gasteiger partial charge in [0.25, 0.3) is 0 Å². The molecule has 1 aromatic carbocycles. The maximum Gasteiger partial charge on any atom is 0.320 e. The minimum atomic E-state index is -0.260. The molecule has 3 heterocycles. The van der Waals surface area contributed by atoms with Crippen molar-refractivity contribution < 1.29 is 9.53 Å². The molecule has 1 saturated carbocycles. The number of aryl methyl sites for hydroxylation is 1. The Bertz CT molecular complexity index is 1300. The molecule has 2 N–H and O–H groups in total. The number of amides is 2. The van der Waals surface area contributed by atoms with Gasteiger partial charge in [-0.25, -0.2) is 9.48 Å². The van der Waals surface area contributed by atoms with Crippen molar-refractivity contribution in [3.05, 3.63) is 72.8 Å². The molecule has 0 saturated heterocycles. The first-order valence-electron chi connectivity index (χ1n) is 11.8. The van der Waals surface area contributed by atoms with Crippen LogP contribution in [0.25, 0.3) is 16.9 Å². The third-order valence-electron chi connectivity index (χ3n) is 6.44. The Hall–Kier alpha value is -4.14. The summed E-state index contributed by atoms with van der Waals surface area (Å²) < 4.78 is 9.60. The molecule has 2 amide bonds. The van der Waals surface area contributed by atoms with Crippen molar-refractivity contribution in [2.75, 3.05) is 5.32 Å². The van der Waals surface area contributed by atoms with Crippen molar-refractivity contribution in [2.24, 2.45) is 13.0 Å². The van der Waals surface area contributed by atoms with Gasteiger partial charge < -0.3 is 10.1 Å². The number of aromatic nitrogens is 5. The number of ether oxygens (including phenoxy) is 1. The summed E-state index contributed by atoms with van der Waals surface area (Å²) in [6, 6.07) is 13.2. The van der Waals surface area contributed by atoms with Crippen LogP contribution in [0.1, 0.15) is 25.3 Å². The lowest BCUT2D eigenvalue weighted by atomic mass is 10.1. The Morgan fingerprint density at radius 2 is 1.89 bits per heavy atom. The van der Waals surface area contributed by atoms with E-state index in [-0.39, 0.29) is 18.2 Å². The van der Waals surface area contributed by atoms with E-state index in [0.717, 1.165) is 41.1 Å². The van der Waals surface area contributed by atoms with Crippen molar-refractivity contribution in [3.8, 4) is 22.7 Å². The fourth-order valence-corrected chi connectivity index (χ4v) is 4.63. The van der Waals surface area contributed by atoms with Crippen molar-refractivity contribution in [1.82, 2.24) is 29.9 Å². The zero-order valence-electron chi connectivity index (χ0n) is 20.0. The van der Waals surface area contributed by atoms with E-state index in [9.17, 15) is 4.79 Å². The van der Waals surface area contributed by atoms with Crippen LogP contribution in [0.4, 0.5) is 10.6 Å². The van der Waals surface area contributed by atoms with Gasteiger partial charge in [-0.1, -0.05) is 25.1 Å². The number of rotatable bonds is 6. The van der Waals surface area contributed by atoms with Crippen LogP contribution >= 0.6 is 0 Å². The summed E-state index contributed by atoms with van der Waals surface area (Å²) in [6.45, 7) is 4.10. The van der Waals surface area contributed by atoms with Gasteiger partial charge in [-0.2, -0.15) is 10.2 Å². The molecule has 0 unspecified atom stereocenters. The zero-order valence-corrected chi connectivity index (χ0v) is 20.0. The summed E-state index contributed by atoms with van der Waals surface area (Å²) in [5.74, 6) is 1.72. The highest BCUT2D eigenvalue weighted by molar-refractivity contribution is 5.91. The van der Waals surface area contributed by atoms with Gasteiger partial charge in [0, 0.05) is 49.2 Å². The minimum absolute atomic E-state index is 0.00744. The molecule has 1 aliphatic carbocycles. The topological polar surface area (TPSA) is 98.9 Å². The number of anilines is 1. The van der Waals surface area contributed by atoms with Gasteiger partial charge in [0.2, 0.25) is 0 Å². The number of benzene rings is 1. The number of pyridine rings is 1. The molecule has 9 heteroatoms. The average molecular weight is 472 g/mol. The summed E-state index contributed by atoms with van der Waals surface area (Å²) >= 11 is 0. The van der Waals surface area contributed by atoms with E-state index < -0.39 is 0 Å². The van der Waals surface area contributed by atoms with Crippen molar-refractivity contribution >= 4 is 11.8 Å². The fraction of sp³-hybridized carbons (Fsp3) is 0.308. The minimum Gasteiger partial charge on any atom is -0.490 e. The van der Waals surface area contributed by atoms with Crippen LogP contribution in [-0.4, -0.2) is 42.7 Å². The predicted octanol–water partition coefficient (Wildman–Crippen LogP) is 4.34. The predicted molar refractivity (Wildman–Crippen MR) is 133 cm³/mol. The summed E-state index contributed by atoms with van der Waals surface area (Å²) in [5.41, 5.74) is 3.40. The summed E-state index contributed by atoms with van der Waals surface area (Å²) in [7, 11) is 1.87. The van der Waals surface area contributed by atoms with E-state index in [1.807, 2.05) is 62.6 Å². The van der Waals surface area contributed by atoms with Crippen LogP contribution in [0.2, 0.25) is 0 Å². The largest absolute Gasteiger partial charge is 0.490 e. The molecule has 35 heavy (non-hydrogen) atoms. The number of nitrogens with one attached hydrogen (secondary N) is 2. The second kappa shape index (κ2) is 9.61. The first-order chi connectivity index (χ1) is 17.0. The van der Waals surface area contributed by atoms with Crippen molar-refractivity contribution in [3.63, 3.8) is 0 Å². The molecule has 3 aromatic heterocycles. The van der Waals surface area contributed by atoms with Crippen LogP contribution in [0, 0.1) is 12.8 Å². The molecule has 1 fully saturated rings. The van der Waals surface area contributed by atoms with Crippen molar-refractivity contribution in [2.45, 2.75) is 38.8 Å². The molecular formula is C26H29N7O2. The third kappa shape index (κ3) is 4.89. The number of carbonyl (C=O) groups excluding carboxylic acids is 1. The van der Waals surface area contributed by atoms with E-state index in [1.54, 1.807) is 28.0 Å². The Labute approximate surface area is 204 Å². The summed E-state index contributed by atoms with van der Waals surface area (Å²) in [6.07, 6.45) is 8.79. The second-order valence-electron chi connectivity index (χ2n) is 9.05. The number of para-hydroxylation sites is 1. The van der Waals surface area contributed by atoms with Gasteiger partial charge in [0.1, 0.15) is 23.4 Å². The van der Waals surface area contributed by atoms with E-state index in [1.165, 1.54) is 0 Å². The summed E-state index contributed by atoms with van der Waals surface area (Å²) in [5, 5.41) is 15.3. The van der Waals surface area contributed by atoms with Gasteiger partial charge >= 0.3 is 6.03 Å². The van der Waals surface area contributed by atoms with Crippen LogP contribution in [0.15, 0.2) is 67.3 Å². The fourth-order valence-electron chi connectivity index (χ4n) is 4.63. The first kappa shape index (κ1) is 22.6. The molecule has 4 aromatic rings. The lowest BCUT2D eigenvalue weighted by Crippen LogP contribution is -2.40. The van der Waals surface area contributed by atoms with E-state index >= 15 is 0 Å². The molecule has 5 rings (SSSR count). The number of nitrogens with zero attached hydrogens (tertiary/aromatic N) is 5. The van der Waals surface area contributed by atoms with Crippen molar-refractivity contribution in [1.29, 1.82) is 0 Å². The molecule has 0 bridgehead atoms. The summed E-state index contributed by atoms with van der Waals surface area (Å²) in [4.78, 5) is 17.2. The highest BCUT2D eigenvalue weighted by atomic mass is 16.5. The van der Waals surface area contributed by atoms with E-state index in [0.29, 0.717) is 11.7 Å². The molecule has 0 radical (unpaired) electrons. The first-order valence-corrected chi connectivity index (χ1v) is 11.8. The highest BCUT2D eigenvalue weighted by Gasteiger charge is 2.34. The van der Waals surface area contributed by atoms with Crippen LogP contribution in [-0.2, 0) is 7.05 Å². The average Bonchev–Trinajstić information content (AvgIpc) is 3.53. The Balaban J connectivity index is 1.33. The lowest BCUT2D eigenvalue weighted by molar-refractivity contribution is 0.203. The van der Waals surface area contributed by atoms with E-state index in [4.69, 9.17) is 9.84 Å². The number of hydrogen-bond acceptors (Lipinski definition) is 5. The standard InChI is InChI=1S/C26H29N7O2/c1-17-13-22(35-21-9-11-27-12-10-21)14-23(17)29-26(34)30-25-18(2)24(19-15-28-32(3)16-19)31-33(25)20-7-5-4-6-8-20/h4-12,15-17,22-23H,13-14H2,1-3H3,(H2,29,30,34)/t17-,22+,23-/m1/s1. The van der Waals surface area contributed by atoms with Gasteiger partial charge in [-0.05, 0) is 43.5 Å². The molecule has 0 spiro atoms. The lowest BCUT2D eigenvalue weighted by Gasteiger charge is -2.18. The van der Waals surface area contributed by atoms with Gasteiger partial charge in [0.05, 0.1) is 11.9 Å². The van der Waals surface area contributed by atoms with E-state index in [2.05, 4.69) is 27.6 Å². The Morgan fingerprint density at radius 3 is 2.60 bits per heavy atom. The Morgan fingerprint density at radius 1 is 1.11 bits per heavy atom. The van der Waals surface area contributed by atoms with Gasteiger partial charge in [-0.15, -0.1) is 0 Å². The molecule has 1 aliphatic rings. The molecule has 180 valence electrons. The molecular weight excluding hydrogens is 442 g/mol. The highest BCUT2D eigenvalue weighted by Crippen LogP contribution is 2.31. The number of hydrogen-bond donors (Lipinski definition) is 2. The molecule has 9 nitrogen and oxygen atoms in total. The van der Waals surface area contributed by atoms with Gasteiger partial charge in [-0.3, -0.25) is 15.0 Å². The number of carbonyl (C=O) groups is 1. The van der Waals surface area contributed by atoms with Crippen LogP contribution < -0.4 is 15.4 Å². The quantitative estimate of drug-likeness (QED) is 0.436.